The van der Waals surface area contributed by atoms with Crippen molar-refractivity contribution in [2.45, 2.75) is 6.54 Å². The Morgan fingerprint density at radius 1 is 1.20 bits per heavy atom. The lowest BCUT2D eigenvalue weighted by atomic mass is 10.1. The Bertz CT molecular complexity index is 641. The van der Waals surface area contributed by atoms with Gasteiger partial charge in [-0.05, 0) is 24.3 Å². The van der Waals surface area contributed by atoms with Gasteiger partial charge < -0.3 is 11.1 Å². The summed E-state index contributed by atoms with van der Waals surface area (Å²) in [6.45, 7) is 0.0333. The van der Waals surface area contributed by atoms with Crippen molar-refractivity contribution >= 4 is 23.2 Å². The van der Waals surface area contributed by atoms with Crippen LogP contribution in [0, 0.1) is 11.6 Å². The van der Waals surface area contributed by atoms with Gasteiger partial charge in [0, 0.05) is 17.7 Å². The van der Waals surface area contributed by atoms with Crippen LogP contribution >= 0.6 is 11.6 Å². The molecule has 3 nitrogen and oxygen atoms in total. The van der Waals surface area contributed by atoms with E-state index in [-0.39, 0.29) is 28.4 Å². The third kappa shape index (κ3) is 3.05. The van der Waals surface area contributed by atoms with E-state index in [1.165, 1.54) is 30.3 Å². The van der Waals surface area contributed by atoms with Gasteiger partial charge in [-0.15, -0.1) is 0 Å². The van der Waals surface area contributed by atoms with Gasteiger partial charge in [0.2, 0.25) is 5.91 Å². The van der Waals surface area contributed by atoms with Crippen LogP contribution < -0.4 is 11.1 Å². The average molecular weight is 297 g/mol. The second kappa shape index (κ2) is 5.88. The molecule has 0 bridgehead atoms. The third-order valence-corrected chi connectivity index (χ3v) is 3.07. The van der Waals surface area contributed by atoms with E-state index in [1.54, 1.807) is 0 Å². The van der Waals surface area contributed by atoms with Gasteiger partial charge in [0.05, 0.1) is 10.7 Å². The largest absolute Gasteiger partial charge is 0.377 e. The Kier molecular flexibility index (Phi) is 4.20. The van der Waals surface area contributed by atoms with Crippen LogP contribution in [-0.4, -0.2) is 5.91 Å². The van der Waals surface area contributed by atoms with Crippen LogP contribution in [0.1, 0.15) is 15.9 Å². The van der Waals surface area contributed by atoms with E-state index in [1.807, 2.05) is 0 Å². The second-order valence-corrected chi connectivity index (χ2v) is 4.53. The molecule has 0 fully saturated rings. The van der Waals surface area contributed by atoms with Gasteiger partial charge in [-0.1, -0.05) is 23.7 Å². The fraction of sp³-hybridized carbons (Fsp3) is 0.0714. The topological polar surface area (TPSA) is 55.1 Å². The number of benzene rings is 2. The zero-order valence-electron chi connectivity index (χ0n) is 10.3. The molecule has 0 spiro atoms. The van der Waals surface area contributed by atoms with Gasteiger partial charge in [-0.3, -0.25) is 4.79 Å². The molecule has 0 aliphatic rings. The van der Waals surface area contributed by atoms with Crippen molar-refractivity contribution in [3.8, 4) is 0 Å². The second-order valence-electron chi connectivity index (χ2n) is 4.12. The molecule has 0 saturated heterocycles. The molecule has 0 aromatic heterocycles. The molecule has 0 aliphatic carbocycles. The maximum absolute atomic E-state index is 13.7. The zero-order chi connectivity index (χ0) is 14.7. The van der Waals surface area contributed by atoms with Crippen LogP contribution in [0.2, 0.25) is 5.02 Å². The van der Waals surface area contributed by atoms with Crippen LogP contribution in [0.15, 0.2) is 36.4 Å². The zero-order valence-corrected chi connectivity index (χ0v) is 11.0. The number of rotatable bonds is 4. The molecule has 0 heterocycles. The van der Waals surface area contributed by atoms with E-state index in [0.717, 1.165) is 6.07 Å². The molecule has 0 radical (unpaired) electrons. The predicted octanol–water partition coefficient (Wildman–Crippen LogP) is 3.33. The summed E-state index contributed by atoms with van der Waals surface area (Å²) in [6.07, 6.45) is 0. The highest BCUT2D eigenvalue weighted by Crippen LogP contribution is 2.25. The summed E-state index contributed by atoms with van der Waals surface area (Å²) in [7, 11) is 0. The van der Waals surface area contributed by atoms with Gasteiger partial charge in [0.15, 0.2) is 0 Å². The Morgan fingerprint density at radius 3 is 2.55 bits per heavy atom. The van der Waals surface area contributed by atoms with E-state index >= 15 is 0 Å². The summed E-state index contributed by atoms with van der Waals surface area (Å²) in [4.78, 5) is 10.9. The van der Waals surface area contributed by atoms with Crippen LogP contribution in [0.5, 0.6) is 0 Å². The number of carbonyl (C=O) groups excluding carboxylic acids is 1. The third-order valence-electron chi connectivity index (χ3n) is 2.76. The van der Waals surface area contributed by atoms with E-state index in [2.05, 4.69) is 5.32 Å². The molecule has 0 atom stereocenters. The first kappa shape index (κ1) is 14.3. The highest BCUT2D eigenvalue weighted by Gasteiger charge is 2.10. The lowest BCUT2D eigenvalue weighted by Crippen LogP contribution is -2.12. The summed E-state index contributed by atoms with van der Waals surface area (Å²) in [5, 5.41) is 2.93. The van der Waals surface area contributed by atoms with Gasteiger partial charge in [0.25, 0.3) is 0 Å². The molecule has 1 amide bonds. The van der Waals surface area contributed by atoms with Gasteiger partial charge >= 0.3 is 0 Å². The number of hydrogen-bond donors (Lipinski definition) is 2. The van der Waals surface area contributed by atoms with E-state index in [0.29, 0.717) is 0 Å². The molecule has 2 aromatic carbocycles. The lowest BCUT2D eigenvalue weighted by Gasteiger charge is -2.10. The van der Waals surface area contributed by atoms with Crippen molar-refractivity contribution < 1.29 is 13.6 Å². The maximum atomic E-state index is 13.7. The van der Waals surface area contributed by atoms with E-state index in [9.17, 15) is 13.6 Å². The lowest BCUT2D eigenvalue weighted by molar-refractivity contribution is 0.1000. The summed E-state index contributed by atoms with van der Waals surface area (Å²) >= 11 is 5.84. The monoisotopic (exact) mass is 296 g/mol. The number of nitrogens with two attached hydrogens (primary N) is 1. The molecule has 104 valence electrons. The minimum absolute atomic E-state index is 0.0333. The molecule has 0 aliphatic heterocycles. The van der Waals surface area contributed by atoms with Crippen molar-refractivity contribution in [3.05, 3.63) is 64.2 Å². The molecule has 2 aromatic rings. The summed E-state index contributed by atoms with van der Waals surface area (Å²) in [5.41, 5.74) is 5.50. The number of halogens is 3. The first-order valence-corrected chi connectivity index (χ1v) is 6.13. The molecule has 2 rings (SSSR count). The van der Waals surface area contributed by atoms with Crippen LogP contribution in [0.4, 0.5) is 14.5 Å². The van der Waals surface area contributed by atoms with Gasteiger partial charge in [0.1, 0.15) is 11.6 Å². The summed E-state index contributed by atoms with van der Waals surface area (Å²) in [6, 6.07) is 8.12. The van der Waals surface area contributed by atoms with E-state index < -0.39 is 17.5 Å². The van der Waals surface area contributed by atoms with Crippen LogP contribution in [0.25, 0.3) is 0 Å². The molecular weight excluding hydrogens is 286 g/mol. The van der Waals surface area contributed by atoms with Crippen LogP contribution in [-0.2, 0) is 6.54 Å². The fourth-order valence-electron chi connectivity index (χ4n) is 1.69. The summed E-state index contributed by atoms with van der Waals surface area (Å²) < 4.78 is 27.3. The highest BCUT2D eigenvalue weighted by molar-refractivity contribution is 6.33. The number of primary amides is 1. The smallest absolute Gasteiger partial charge is 0.248 e. The standard InChI is InChI=1S/C14H11ClF2N2O/c15-10-2-1-3-11(16)13(10)19-7-9-5-4-8(14(18)20)6-12(9)17/h1-6,19H,7H2,(H2,18,20). The Balaban J connectivity index is 2.17. The average Bonchev–Trinajstić information content (AvgIpc) is 2.39. The molecule has 6 heteroatoms. The number of hydrogen-bond acceptors (Lipinski definition) is 2. The van der Waals surface area contributed by atoms with E-state index in [4.69, 9.17) is 17.3 Å². The van der Waals surface area contributed by atoms with Gasteiger partial charge in [-0.25, -0.2) is 8.78 Å². The number of anilines is 1. The summed E-state index contributed by atoms with van der Waals surface area (Å²) in [5.74, 6) is -1.83. The molecule has 3 N–H and O–H groups in total. The fourth-order valence-corrected chi connectivity index (χ4v) is 1.92. The minimum Gasteiger partial charge on any atom is -0.377 e. The Hall–Kier alpha value is -2.14. The normalized spacial score (nSPS) is 10.3. The SMILES string of the molecule is NC(=O)c1ccc(CNc2c(F)cccc2Cl)c(F)c1. The first-order valence-electron chi connectivity index (χ1n) is 5.75. The molecular formula is C14H11ClF2N2O. The van der Waals surface area contributed by atoms with Crippen LogP contribution in [0.3, 0.4) is 0 Å². The number of carbonyl (C=O) groups is 1. The number of para-hydroxylation sites is 1. The van der Waals surface area contributed by atoms with Crippen molar-refractivity contribution in [1.29, 1.82) is 0 Å². The number of amides is 1. The molecule has 20 heavy (non-hydrogen) atoms. The minimum atomic E-state index is -0.708. The highest BCUT2D eigenvalue weighted by atomic mass is 35.5. The molecule has 0 saturated carbocycles. The first-order chi connectivity index (χ1) is 9.49. The quantitative estimate of drug-likeness (QED) is 0.909. The molecule has 0 unspecified atom stereocenters. The Labute approximate surface area is 119 Å². The van der Waals surface area contributed by atoms with Crippen molar-refractivity contribution in [2.75, 3.05) is 5.32 Å². The van der Waals surface area contributed by atoms with Gasteiger partial charge in [-0.2, -0.15) is 0 Å². The maximum Gasteiger partial charge on any atom is 0.248 e. The Morgan fingerprint density at radius 2 is 1.95 bits per heavy atom. The van der Waals surface area contributed by atoms with Crippen molar-refractivity contribution in [3.63, 3.8) is 0 Å². The van der Waals surface area contributed by atoms with Crippen molar-refractivity contribution in [1.82, 2.24) is 0 Å². The number of nitrogens with one attached hydrogen (secondary N) is 1. The van der Waals surface area contributed by atoms with Crippen molar-refractivity contribution in [2.24, 2.45) is 5.73 Å². The predicted molar refractivity (Wildman–Crippen MR) is 73.7 cm³/mol.